The van der Waals surface area contributed by atoms with Crippen molar-refractivity contribution in [1.29, 1.82) is 0 Å². The molecule has 3 rings (SSSR count). The summed E-state index contributed by atoms with van der Waals surface area (Å²) >= 11 is 0. The number of hydrogen-bond acceptors (Lipinski definition) is 4. The van der Waals surface area contributed by atoms with Crippen molar-refractivity contribution in [2.45, 2.75) is 44.8 Å². The molecular formula is C18H27N3O3S. The molecule has 0 aliphatic carbocycles. The van der Waals surface area contributed by atoms with Crippen LogP contribution in [0.5, 0.6) is 0 Å². The molecule has 0 unspecified atom stereocenters. The minimum atomic E-state index is -3.19. The van der Waals surface area contributed by atoms with Crippen molar-refractivity contribution in [2.24, 2.45) is 0 Å². The van der Waals surface area contributed by atoms with Gasteiger partial charge in [-0.25, -0.2) is 13.1 Å². The highest BCUT2D eigenvalue weighted by Gasteiger charge is 2.31. The van der Waals surface area contributed by atoms with Gasteiger partial charge < -0.3 is 4.90 Å². The number of fused-ring (bicyclic) bond motifs is 1. The molecule has 2 heterocycles. The molecule has 0 spiro atoms. The van der Waals surface area contributed by atoms with Crippen LogP contribution in [-0.2, 0) is 27.8 Å². The van der Waals surface area contributed by atoms with Crippen molar-refractivity contribution in [3.63, 3.8) is 0 Å². The van der Waals surface area contributed by atoms with E-state index >= 15 is 0 Å². The van der Waals surface area contributed by atoms with E-state index in [4.69, 9.17) is 0 Å². The van der Waals surface area contributed by atoms with Crippen molar-refractivity contribution in [3.8, 4) is 0 Å². The van der Waals surface area contributed by atoms with Gasteiger partial charge in [0, 0.05) is 32.2 Å². The number of nitrogens with one attached hydrogen (secondary N) is 1. The van der Waals surface area contributed by atoms with Crippen molar-refractivity contribution in [3.05, 3.63) is 35.4 Å². The standard InChI is InChI=1S/C18H27N3O3S/c1-14(21-10-7-15-5-3-4-6-16(15)13-21)18(22)20-11-8-17(9-12-20)19-25(2,23)24/h3-6,14,17,19H,7-13H2,1-2H3/t14-/m1/s1. The van der Waals surface area contributed by atoms with Crippen LogP contribution in [-0.4, -0.2) is 62.1 Å². The monoisotopic (exact) mass is 365 g/mol. The number of likely N-dealkylation sites (tertiary alicyclic amines) is 1. The van der Waals surface area contributed by atoms with E-state index in [2.05, 4.69) is 27.8 Å². The molecule has 1 aromatic carbocycles. The first-order valence-corrected chi connectivity index (χ1v) is 10.8. The van der Waals surface area contributed by atoms with Gasteiger partial charge >= 0.3 is 0 Å². The van der Waals surface area contributed by atoms with E-state index in [1.807, 2.05) is 17.9 Å². The molecule has 0 bridgehead atoms. The fourth-order valence-corrected chi connectivity index (χ4v) is 4.63. The van der Waals surface area contributed by atoms with E-state index in [1.54, 1.807) is 0 Å². The first-order valence-electron chi connectivity index (χ1n) is 8.90. The number of piperidine rings is 1. The molecule has 1 amide bonds. The maximum atomic E-state index is 12.8. The zero-order chi connectivity index (χ0) is 18.0. The molecule has 1 fully saturated rings. The van der Waals surface area contributed by atoms with Gasteiger partial charge in [-0.3, -0.25) is 9.69 Å². The molecule has 0 aromatic heterocycles. The van der Waals surface area contributed by atoms with Crippen LogP contribution in [0.25, 0.3) is 0 Å². The Balaban J connectivity index is 1.55. The lowest BCUT2D eigenvalue weighted by atomic mass is 9.98. The quantitative estimate of drug-likeness (QED) is 0.863. The summed E-state index contributed by atoms with van der Waals surface area (Å²) in [4.78, 5) is 17.0. The van der Waals surface area contributed by atoms with Crippen LogP contribution in [0.2, 0.25) is 0 Å². The average molecular weight is 365 g/mol. The number of carbonyl (C=O) groups is 1. The normalized spacial score (nSPS) is 21.0. The molecule has 1 saturated heterocycles. The van der Waals surface area contributed by atoms with E-state index in [1.165, 1.54) is 17.4 Å². The van der Waals surface area contributed by atoms with Crippen molar-refractivity contribution in [2.75, 3.05) is 25.9 Å². The Kier molecular flexibility index (Phi) is 5.46. The van der Waals surface area contributed by atoms with E-state index in [0.29, 0.717) is 25.9 Å². The second-order valence-electron chi connectivity index (χ2n) is 7.15. The first kappa shape index (κ1) is 18.4. The van der Waals surface area contributed by atoms with Gasteiger partial charge in [0.15, 0.2) is 0 Å². The van der Waals surface area contributed by atoms with Gasteiger partial charge in [0.05, 0.1) is 12.3 Å². The third-order valence-electron chi connectivity index (χ3n) is 5.25. The third-order valence-corrected chi connectivity index (χ3v) is 6.01. The highest BCUT2D eigenvalue weighted by atomic mass is 32.2. The van der Waals surface area contributed by atoms with Gasteiger partial charge in [-0.15, -0.1) is 0 Å². The van der Waals surface area contributed by atoms with Crippen LogP contribution < -0.4 is 4.72 Å². The number of benzene rings is 1. The molecule has 25 heavy (non-hydrogen) atoms. The summed E-state index contributed by atoms with van der Waals surface area (Å²) in [5.74, 6) is 0.150. The second kappa shape index (κ2) is 7.43. The van der Waals surface area contributed by atoms with Gasteiger partial charge in [0.2, 0.25) is 15.9 Å². The highest BCUT2D eigenvalue weighted by Crippen LogP contribution is 2.22. The van der Waals surface area contributed by atoms with Crippen LogP contribution >= 0.6 is 0 Å². The Bertz CT molecular complexity index is 727. The molecule has 0 radical (unpaired) electrons. The lowest BCUT2D eigenvalue weighted by molar-refractivity contribution is -0.137. The lowest BCUT2D eigenvalue weighted by Gasteiger charge is -2.38. The molecule has 2 aliphatic heterocycles. The Labute approximate surface area is 150 Å². The zero-order valence-corrected chi connectivity index (χ0v) is 15.8. The maximum absolute atomic E-state index is 12.8. The number of nitrogens with zero attached hydrogens (tertiary/aromatic N) is 2. The summed E-state index contributed by atoms with van der Waals surface area (Å²) in [6.07, 6.45) is 3.51. The fourth-order valence-electron chi connectivity index (χ4n) is 3.79. The molecule has 7 heteroatoms. The van der Waals surface area contributed by atoms with Crippen LogP contribution in [0, 0.1) is 0 Å². The number of carbonyl (C=O) groups excluding carboxylic acids is 1. The Morgan fingerprint density at radius 2 is 1.80 bits per heavy atom. The summed E-state index contributed by atoms with van der Waals surface area (Å²) in [6.45, 7) is 4.92. The summed E-state index contributed by atoms with van der Waals surface area (Å²) in [5.41, 5.74) is 2.69. The summed E-state index contributed by atoms with van der Waals surface area (Å²) in [7, 11) is -3.19. The molecule has 0 saturated carbocycles. The molecule has 1 N–H and O–H groups in total. The molecule has 1 atom stereocenters. The van der Waals surface area contributed by atoms with Crippen LogP contribution in [0.15, 0.2) is 24.3 Å². The Morgan fingerprint density at radius 3 is 2.44 bits per heavy atom. The van der Waals surface area contributed by atoms with Crippen LogP contribution in [0.4, 0.5) is 0 Å². The van der Waals surface area contributed by atoms with Gasteiger partial charge in [0.25, 0.3) is 0 Å². The van der Waals surface area contributed by atoms with Gasteiger partial charge in [0.1, 0.15) is 0 Å². The fraction of sp³-hybridized carbons (Fsp3) is 0.611. The first-order chi connectivity index (χ1) is 11.8. The van der Waals surface area contributed by atoms with E-state index in [-0.39, 0.29) is 18.0 Å². The van der Waals surface area contributed by atoms with Gasteiger partial charge in [-0.1, -0.05) is 24.3 Å². The predicted octanol–water partition coefficient (Wildman–Crippen LogP) is 0.973. The largest absolute Gasteiger partial charge is 0.341 e. The Morgan fingerprint density at radius 1 is 1.16 bits per heavy atom. The number of rotatable bonds is 4. The molecule has 2 aliphatic rings. The maximum Gasteiger partial charge on any atom is 0.239 e. The van der Waals surface area contributed by atoms with E-state index in [0.717, 1.165) is 19.5 Å². The summed E-state index contributed by atoms with van der Waals surface area (Å²) < 4.78 is 25.3. The van der Waals surface area contributed by atoms with Crippen molar-refractivity contribution < 1.29 is 13.2 Å². The highest BCUT2D eigenvalue weighted by molar-refractivity contribution is 7.88. The van der Waals surface area contributed by atoms with Crippen LogP contribution in [0.3, 0.4) is 0 Å². The minimum absolute atomic E-state index is 0.0591. The molecular weight excluding hydrogens is 338 g/mol. The van der Waals surface area contributed by atoms with E-state index in [9.17, 15) is 13.2 Å². The summed E-state index contributed by atoms with van der Waals surface area (Å²) in [6, 6.07) is 8.22. The number of hydrogen-bond donors (Lipinski definition) is 1. The lowest BCUT2D eigenvalue weighted by Crippen LogP contribution is -2.52. The van der Waals surface area contributed by atoms with Gasteiger partial charge in [-0.2, -0.15) is 0 Å². The SMILES string of the molecule is C[C@H](C(=O)N1CCC(NS(C)(=O)=O)CC1)N1CCc2ccccc2C1. The number of amides is 1. The van der Waals surface area contributed by atoms with E-state index < -0.39 is 10.0 Å². The minimum Gasteiger partial charge on any atom is -0.341 e. The van der Waals surface area contributed by atoms with Gasteiger partial charge in [-0.05, 0) is 37.3 Å². The third kappa shape index (κ3) is 4.59. The second-order valence-corrected chi connectivity index (χ2v) is 8.93. The number of sulfonamides is 1. The average Bonchev–Trinajstić information content (AvgIpc) is 2.59. The Hall–Kier alpha value is -1.44. The molecule has 138 valence electrons. The van der Waals surface area contributed by atoms with Crippen molar-refractivity contribution in [1.82, 2.24) is 14.5 Å². The van der Waals surface area contributed by atoms with Crippen molar-refractivity contribution >= 4 is 15.9 Å². The molecule has 6 nitrogen and oxygen atoms in total. The van der Waals surface area contributed by atoms with Crippen LogP contribution in [0.1, 0.15) is 30.9 Å². The zero-order valence-electron chi connectivity index (χ0n) is 14.9. The molecule has 1 aromatic rings. The summed E-state index contributed by atoms with van der Waals surface area (Å²) in [5, 5.41) is 0. The smallest absolute Gasteiger partial charge is 0.239 e. The topological polar surface area (TPSA) is 69.7 Å². The predicted molar refractivity (Wildman–Crippen MR) is 97.6 cm³/mol.